The van der Waals surface area contributed by atoms with Gasteiger partial charge in [0.05, 0.1) is 11.8 Å². The van der Waals surface area contributed by atoms with Crippen molar-refractivity contribution >= 4 is 11.7 Å². The molecular weight excluding hydrogens is 306 g/mol. The number of carbonyl (C=O) groups excluding carboxylic acids is 1. The SMILES string of the molecule is Cc1nc(-c2cccc(NC(=O)N(C)CC(O)C3CC3)c2)oc1C. The van der Waals surface area contributed by atoms with Crippen molar-refractivity contribution < 1.29 is 14.3 Å². The highest BCUT2D eigenvalue weighted by Crippen LogP contribution is 2.32. The molecule has 1 unspecified atom stereocenters. The van der Waals surface area contributed by atoms with Crippen molar-refractivity contribution in [3.8, 4) is 11.5 Å². The minimum atomic E-state index is -0.439. The number of benzene rings is 1. The summed E-state index contributed by atoms with van der Waals surface area (Å²) in [6.45, 7) is 4.11. The molecule has 1 aliphatic carbocycles. The van der Waals surface area contributed by atoms with Crippen LogP contribution >= 0.6 is 0 Å². The predicted octanol–water partition coefficient (Wildman–Crippen LogP) is 3.19. The lowest BCUT2D eigenvalue weighted by atomic mass is 10.2. The Morgan fingerprint density at radius 3 is 2.83 bits per heavy atom. The van der Waals surface area contributed by atoms with Crippen LogP contribution in [0.5, 0.6) is 0 Å². The first-order valence-electron chi connectivity index (χ1n) is 8.18. The maximum atomic E-state index is 12.3. The molecule has 0 spiro atoms. The number of hydrogen-bond acceptors (Lipinski definition) is 4. The number of oxazole rings is 1. The normalized spacial score (nSPS) is 15.2. The van der Waals surface area contributed by atoms with Crippen molar-refractivity contribution in [1.29, 1.82) is 0 Å². The Morgan fingerprint density at radius 2 is 2.21 bits per heavy atom. The van der Waals surface area contributed by atoms with Crippen molar-refractivity contribution in [2.45, 2.75) is 32.8 Å². The number of carbonyl (C=O) groups is 1. The van der Waals surface area contributed by atoms with E-state index in [9.17, 15) is 9.90 Å². The molecule has 0 radical (unpaired) electrons. The summed E-state index contributed by atoms with van der Waals surface area (Å²) in [6.07, 6.45) is 1.66. The smallest absolute Gasteiger partial charge is 0.321 e. The molecule has 0 saturated heterocycles. The van der Waals surface area contributed by atoms with Gasteiger partial charge in [0.25, 0.3) is 0 Å². The molecule has 24 heavy (non-hydrogen) atoms. The fourth-order valence-corrected chi connectivity index (χ4v) is 2.54. The highest BCUT2D eigenvalue weighted by molar-refractivity contribution is 5.89. The van der Waals surface area contributed by atoms with E-state index in [2.05, 4.69) is 10.3 Å². The average Bonchev–Trinajstić information content (AvgIpc) is 3.34. The molecule has 6 nitrogen and oxygen atoms in total. The summed E-state index contributed by atoms with van der Waals surface area (Å²) in [5, 5.41) is 12.8. The van der Waals surface area contributed by atoms with E-state index >= 15 is 0 Å². The third-order valence-corrected chi connectivity index (χ3v) is 4.36. The Morgan fingerprint density at radius 1 is 1.46 bits per heavy atom. The van der Waals surface area contributed by atoms with Crippen LogP contribution in [0.25, 0.3) is 11.5 Å². The summed E-state index contributed by atoms with van der Waals surface area (Å²) in [5.41, 5.74) is 2.33. The van der Waals surface area contributed by atoms with E-state index in [1.165, 1.54) is 4.90 Å². The zero-order chi connectivity index (χ0) is 17.3. The quantitative estimate of drug-likeness (QED) is 0.883. The van der Waals surface area contributed by atoms with Gasteiger partial charge in [0.1, 0.15) is 5.76 Å². The van der Waals surface area contributed by atoms with Crippen molar-refractivity contribution in [3.05, 3.63) is 35.7 Å². The number of aliphatic hydroxyl groups is 1. The molecule has 1 saturated carbocycles. The molecule has 1 aliphatic rings. The topological polar surface area (TPSA) is 78.6 Å². The molecule has 3 rings (SSSR count). The first kappa shape index (κ1) is 16.5. The van der Waals surface area contributed by atoms with Gasteiger partial charge in [0.2, 0.25) is 5.89 Å². The summed E-state index contributed by atoms with van der Waals surface area (Å²) in [6, 6.07) is 7.13. The monoisotopic (exact) mass is 329 g/mol. The highest BCUT2D eigenvalue weighted by Gasteiger charge is 2.31. The van der Waals surface area contributed by atoms with Crippen LogP contribution in [0.4, 0.5) is 10.5 Å². The molecule has 128 valence electrons. The minimum absolute atomic E-state index is 0.244. The van der Waals surface area contributed by atoms with Crippen molar-refractivity contribution in [2.24, 2.45) is 5.92 Å². The second-order valence-electron chi connectivity index (χ2n) is 6.46. The van der Waals surface area contributed by atoms with E-state index < -0.39 is 6.10 Å². The Hall–Kier alpha value is -2.34. The number of aryl methyl sites for hydroxylation is 2. The van der Waals surface area contributed by atoms with E-state index in [-0.39, 0.29) is 6.03 Å². The van der Waals surface area contributed by atoms with Crippen LogP contribution in [-0.2, 0) is 0 Å². The molecule has 1 atom stereocenters. The molecular formula is C18H23N3O3. The van der Waals surface area contributed by atoms with E-state index in [0.29, 0.717) is 24.0 Å². The van der Waals surface area contributed by atoms with Crippen LogP contribution in [0, 0.1) is 19.8 Å². The molecule has 1 aromatic heterocycles. The minimum Gasteiger partial charge on any atom is -0.441 e. The van der Waals surface area contributed by atoms with Crippen LogP contribution in [0.3, 0.4) is 0 Å². The number of aliphatic hydroxyl groups excluding tert-OH is 1. The molecule has 0 aliphatic heterocycles. The lowest BCUT2D eigenvalue weighted by Gasteiger charge is -2.21. The molecule has 1 aromatic carbocycles. The summed E-state index contributed by atoms with van der Waals surface area (Å²) < 4.78 is 5.63. The summed E-state index contributed by atoms with van der Waals surface area (Å²) in [5.74, 6) is 1.67. The van der Waals surface area contributed by atoms with Gasteiger partial charge in [-0.25, -0.2) is 9.78 Å². The maximum Gasteiger partial charge on any atom is 0.321 e. The number of aromatic nitrogens is 1. The number of hydrogen-bond donors (Lipinski definition) is 2. The summed E-state index contributed by atoms with van der Waals surface area (Å²) in [4.78, 5) is 18.1. The van der Waals surface area contributed by atoms with Crippen LogP contribution in [-0.4, -0.2) is 40.7 Å². The Kier molecular flexibility index (Phi) is 4.57. The summed E-state index contributed by atoms with van der Waals surface area (Å²) >= 11 is 0. The second kappa shape index (κ2) is 6.65. The molecule has 2 aromatic rings. The second-order valence-corrected chi connectivity index (χ2v) is 6.46. The number of nitrogens with one attached hydrogen (secondary N) is 1. The fourth-order valence-electron chi connectivity index (χ4n) is 2.54. The van der Waals surface area contributed by atoms with E-state index in [1.807, 2.05) is 38.1 Å². The van der Waals surface area contributed by atoms with Crippen LogP contribution < -0.4 is 5.32 Å². The van der Waals surface area contributed by atoms with Gasteiger partial charge in [-0.05, 0) is 50.8 Å². The third kappa shape index (κ3) is 3.76. The first-order chi connectivity index (χ1) is 11.4. The molecule has 6 heteroatoms. The largest absolute Gasteiger partial charge is 0.441 e. The van der Waals surface area contributed by atoms with E-state index in [4.69, 9.17) is 4.42 Å². The Bertz CT molecular complexity index is 717. The van der Waals surface area contributed by atoms with E-state index in [1.54, 1.807) is 7.05 Å². The van der Waals surface area contributed by atoms with Crippen molar-refractivity contribution in [2.75, 3.05) is 18.9 Å². The first-order valence-corrected chi connectivity index (χ1v) is 8.18. The predicted molar refractivity (Wildman–Crippen MR) is 91.8 cm³/mol. The number of nitrogens with zero attached hydrogens (tertiary/aromatic N) is 2. The number of likely N-dealkylation sites (N-methyl/N-ethyl adjacent to an activating group) is 1. The molecule has 1 fully saturated rings. The Balaban J connectivity index is 1.66. The highest BCUT2D eigenvalue weighted by atomic mass is 16.4. The molecule has 2 N–H and O–H groups in total. The zero-order valence-electron chi connectivity index (χ0n) is 14.2. The summed E-state index contributed by atoms with van der Waals surface area (Å²) in [7, 11) is 1.69. The van der Waals surface area contributed by atoms with Crippen LogP contribution in [0.15, 0.2) is 28.7 Å². The number of urea groups is 1. The van der Waals surface area contributed by atoms with Gasteiger partial charge in [0, 0.05) is 24.8 Å². The number of rotatable bonds is 5. The van der Waals surface area contributed by atoms with Crippen molar-refractivity contribution in [1.82, 2.24) is 9.88 Å². The zero-order valence-corrected chi connectivity index (χ0v) is 14.2. The van der Waals surface area contributed by atoms with Gasteiger partial charge in [-0.3, -0.25) is 0 Å². The molecule has 1 heterocycles. The van der Waals surface area contributed by atoms with Gasteiger partial charge in [-0.2, -0.15) is 0 Å². The van der Waals surface area contributed by atoms with Gasteiger partial charge < -0.3 is 19.7 Å². The lowest BCUT2D eigenvalue weighted by Crippen LogP contribution is -2.38. The molecule has 0 bridgehead atoms. The molecule has 2 amide bonds. The van der Waals surface area contributed by atoms with Crippen molar-refractivity contribution in [3.63, 3.8) is 0 Å². The number of amides is 2. The van der Waals surface area contributed by atoms with Crippen LogP contribution in [0.1, 0.15) is 24.3 Å². The third-order valence-electron chi connectivity index (χ3n) is 4.36. The van der Waals surface area contributed by atoms with Gasteiger partial charge >= 0.3 is 6.03 Å². The Labute approximate surface area is 141 Å². The average molecular weight is 329 g/mol. The lowest BCUT2D eigenvalue weighted by molar-refractivity contribution is 0.117. The van der Waals surface area contributed by atoms with E-state index in [0.717, 1.165) is 29.9 Å². The fraction of sp³-hybridized carbons (Fsp3) is 0.444. The van der Waals surface area contributed by atoms with Gasteiger partial charge in [0.15, 0.2) is 0 Å². The number of anilines is 1. The van der Waals surface area contributed by atoms with Crippen LogP contribution in [0.2, 0.25) is 0 Å². The standard InChI is InChI=1S/C18H23N3O3/c1-11-12(2)24-17(19-11)14-5-4-6-15(9-14)20-18(23)21(3)10-16(22)13-7-8-13/h4-6,9,13,16,22H,7-8,10H2,1-3H3,(H,20,23). The maximum absolute atomic E-state index is 12.3. The van der Waals surface area contributed by atoms with Gasteiger partial charge in [-0.15, -0.1) is 0 Å². The van der Waals surface area contributed by atoms with Gasteiger partial charge in [-0.1, -0.05) is 6.07 Å².